The monoisotopic (exact) mass is 369 g/mol. The number of fused-ring (bicyclic) bond motifs is 1. The van der Waals surface area contributed by atoms with Crippen LogP contribution in [0.15, 0.2) is 28.2 Å². The molecule has 3 aromatic rings. The largest absolute Gasteiger partial charge is 0.307 e. The third kappa shape index (κ3) is 2.62. The molecule has 104 valence electrons. The average Bonchev–Trinajstić information content (AvgIpc) is 2.97. The molecule has 0 amide bonds. The molecule has 3 heterocycles. The minimum absolute atomic E-state index is 0.566. The van der Waals surface area contributed by atoms with Gasteiger partial charge in [0.2, 0.25) is 0 Å². The molecule has 0 saturated carbocycles. The number of imidazole rings is 1. The van der Waals surface area contributed by atoms with Gasteiger partial charge >= 0.3 is 0 Å². The van der Waals surface area contributed by atoms with Gasteiger partial charge < -0.3 is 4.57 Å². The van der Waals surface area contributed by atoms with Gasteiger partial charge in [-0.1, -0.05) is 0 Å². The maximum Gasteiger partial charge on any atom is 0.160 e. The van der Waals surface area contributed by atoms with E-state index in [9.17, 15) is 0 Å². The normalized spacial score (nSPS) is 11.3. The number of nitrogens with zero attached hydrogens (tertiary/aromatic N) is 3. The number of hydrogen-bond acceptors (Lipinski definition) is 3. The predicted molar refractivity (Wildman–Crippen MR) is 87.8 cm³/mol. The van der Waals surface area contributed by atoms with Crippen LogP contribution in [0.5, 0.6) is 0 Å². The van der Waals surface area contributed by atoms with Gasteiger partial charge in [0.05, 0.1) is 10.3 Å². The SMILES string of the molecule is Cc1ccnc2c1nc(CCCl)n2Cc1ccc(Br)s1. The Morgan fingerprint density at radius 3 is 2.90 bits per heavy atom. The number of aromatic nitrogens is 3. The molecule has 0 unspecified atom stereocenters. The fourth-order valence-corrected chi connectivity index (χ4v) is 3.86. The van der Waals surface area contributed by atoms with Gasteiger partial charge in [-0.2, -0.15) is 0 Å². The van der Waals surface area contributed by atoms with Crippen molar-refractivity contribution >= 4 is 50.0 Å². The van der Waals surface area contributed by atoms with Crippen molar-refractivity contribution in [3.8, 4) is 0 Å². The number of alkyl halides is 1. The number of pyridine rings is 1. The highest BCUT2D eigenvalue weighted by atomic mass is 79.9. The summed E-state index contributed by atoms with van der Waals surface area (Å²) in [6.45, 7) is 2.85. The topological polar surface area (TPSA) is 30.7 Å². The summed E-state index contributed by atoms with van der Waals surface area (Å²) in [5, 5.41) is 0. The smallest absolute Gasteiger partial charge is 0.160 e. The third-order valence-corrected chi connectivity index (χ3v) is 4.97. The Morgan fingerprint density at radius 2 is 2.20 bits per heavy atom. The first-order chi connectivity index (χ1) is 9.69. The Labute approximate surface area is 134 Å². The first kappa shape index (κ1) is 14.0. The number of rotatable bonds is 4. The summed E-state index contributed by atoms with van der Waals surface area (Å²) in [6.07, 6.45) is 2.59. The van der Waals surface area contributed by atoms with Crippen LogP contribution in [0.2, 0.25) is 0 Å². The van der Waals surface area contributed by atoms with Crippen molar-refractivity contribution < 1.29 is 0 Å². The molecular weight excluding hydrogens is 358 g/mol. The molecular formula is C14H13BrClN3S. The summed E-state index contributed by atoms with van der Waals surface area (Å²) in [5.41, 5.74) is 3.06. The summed E-state index contributed by atoms with van der Waals surface area (Å²) in [5.74, 6) is 1.57. The summed E-state index contributed by atoms with van der Waals surface area (Å²) in [6, 6.07) is 6.19. The van der Waals surface area contributed by atoms with E-state index in [0.717, 1.165) is 39.3 Å². The van der Waals surface area contributed by atoms with Crippen LogP contribution >= 0.6 is 38.9 Å². The molecule has 0 aliphatic heterocycles. The average molecular weight is 371 g/mol. The van der Waals surface area contributed by atoms with Crippen LogP contribution in [-0.2, 0) is 13.0 Å². The van der Waals surface area contributed by atoms with E-state index >= 15 is 0 Å². The molecule has 0 aromatic carbocycles. The lowest BCUT2D eigenvalue weighted by molar-refractivity contribution is 0.756. The van der Waals surface area contributed by atoms with Gasteiger partial charge in [0, 0.05) is 23.4 Å². The van der Waals surface area contributed by atoms with Crippen molar-refractivity contribution in [2.45, 2.75) is 19.9 Å². The molecule has 3 nitrogen and oxygen atoms in total. The standard InChI is InChI=1S/C14H13BrClN3S/c1-9-5-7-17-14-13(9)18-12(4-6-16)19(14)8-10-2-3-11(15)20-10/h2-3,5,7H,4,6,8H2,1H3. The molecule has 20 heavy (non-hydrogen) atoms. The van der Waals surface area contributed by atoms with Crippen molar-refractivity contribution in [1.82, 2.24) is 14.5 Å². The van der Waals surface area contributed by atoms with E-state index in [0.29, 0.717) is 5.88 Å². The van der Waals surface area contributed by atoms with Crippen LogP contribution in [-0.4, -0.2) is 20.4 Å². The molecule has 0 radical (unpaired) electrons. The van der Waals surface area contributed by atoms with Crippen LogP contribution in [0.25, 0.3) is 11.2 Å². The molecule has 0 saturated heterocycles. The van der Waals surface area contributed by atoms with Crippen molar-refractivity contribution in [2.24, 2.45) is 0 Å². The minimum Gasteiger partial charge on any atom is -0.307 e. The van der Waals surface area contributed by atoms with E-state index in [1.54, 1.807) is 11.3 Å². The first-order valence-corrected chi connectivity index (χ1v) is 8.44. The Bertz CT molecular complexity index is 750. The van der Waals surface area contributed by atoms with Gasteiger partial charge in [0.1, 0.15) is 11.3 Å². The van der Waals surface area contributed by atoms with Gasteiger partial charge in [0.15, 0.2) is 5.65 Å². The fraction of sp³-hybridized carbons (Fsp3) is 0.286. The Kier molecular flexibility index (Phi) is 4.10. The van der Waals surface area contributed by atoms with Crippen molar-refractivity contribution in [3.05, 3.63) is 44.4 Å². The highest BCUT2D eigenvalue weighted by Gasteiger charge is 2.14. The summed E-state index contributed by atoms with van der Waals surface area (Å²) >= 11 is 11.1. The third-order valence-electron chi connectivity index (χ3n) is 3.18. The fourth-order valence-electron chi connectivity index (χ4n) is 2.22. The second-order valence-corrected chi connectivity index (χ2v) is 7.48. The molecule has 0 bridgehead atoms. The zero-order valence-corrected chi connectivity index (χ0v) is 14.1. The lowest BCUT2D eigenvalue weighted by Crippen LogP contribution is -2.05. The van der Waals surface area contributed by atoms with Gasteiger partial charge in [-0.3, -0.25) is 0 Å². The molecule has 0 aliphatic rings. The zero-order valence-electron chi connectivity index (χ0n) is 10.9. The maximum atomic E-state index is 5.90. The van der Waals surface area contributed by atoms with E-state index in [1.165, 1.54) is 4.88 Å². The van der Waals surface area contributed by atoms with Crippen LogP contribution in [0, 0.1) is 6.92 Å². The summed E-state index contributed by atoms with van der Waals surface area (Å²) < 4.78 is 3.31. The van der Waals surface area contributed by atoms with Gasteiger partial charge in [0.25, 0.3) is 0 Å². The highest BCUT2D eigenvalue weighted by Crippen LogP contribution is 2.25. The Morgan fingerprint density at radius 1 is 1.35 bits per heavy atom. The van der Waals surface area contributed by atoms with Gasteiger partial charge in [-0.25, -0.2) is 9.97 Å². The van der Waals surface area contributed by atoms with E-state index in [4.69, 9.17) is 16.6 Å². The number of halogens is 2. The van der Waals surface area contributed by atoms with Crippen LogP contribution < -0.4 is 0 Å². The second-order valence-electron chi connectivity index (χ2n) is 4.56. The van der Waals surface area contributed by atoms with Crippen LogP contribution in [0.1, 0.15) is 16.3 Å². The summed E-state index contributed by atoms with van der Waals surface area (Å²) in [7, 11) is 0. The second kappa shape index (κ2) is 5.84. The molecule has 0 fully saturated rings. The zero-order chi connectivity index (χ0) is 14.1. The molecule has 3 aromatic heterocycles. The van der Waals surface area contributed by atoms with E-state index < -0.39 is 0 Å². The lowest BCUT2D eigenvalue weighted by atomic mass is 10.3. The Balaban J connectivity index is 2.11. The van der Waals surface area contributed by atoms with Gasteiger partial charge in [-0.05, 0) is 46.6 Å². The molecule has 3 rings (SSSR count). The predicted octanol–water partition coefficient (Wildman–Crippen LogP) is 4.39. The number of hydrogen-bond donors (Lipinski definition) is 0. The van der Waals surface area contributed by atoms with E-state index in [-0.39, 0.29) is 0 Å². The number of thiophene rings is 1. The summed E-state index contributed by atoms with van der Waals surface area (Å²) in [4.78, 5) is 10.5. The molecule has 0 spiro atoms. The molecule has 0 aliphatic carbocycles. The van der Waals surface area contributed by atoms with Gasteiger partial charge in [-0.15, -0.1) is 22.9 Å². The van der Waals surface area contributed by atoms with Crippen LogP contribution in [0.4, 0.5) is 0 Å². The molecule has 6 heteroatoms. The maximum absolute atomic E-state index is 5.90. The molecule has 0 N–H and O–H groups in total. The minimum atomic E-state index is 0.566. The van der Waals surface area contributed by atoms with Crippen molar-refractivity contribution in [1.29, 1.82) is 0 Å². The quantitative estimate of drug-likeness (QED) is 0.638. The van der Waals surface area contributed by atoms with E-state index in [1.807, 2.05) is 12.3 Å². The van der Waals surface area contributed by atoms with Crippen molar-refractivity contribution in [2.75, 3.05) is 5.88 Å². The number of aryl methyl sites for hydroxylation is 2. The first-order valence-electron chi connectivity index (χ1n) is 6.30. The highest BCUT2D eigenvalue weighted by molar-refractivity contribution is 9.11. The molecule has 0 atom stereocenters. The lowest BCUT2D eigenvalue weighted by Gasteiger charge is -2.06. The van der Waals surface area contributed by atoms with Crippen LogP contribution in [0.3, 0.4) is 0 Å². The van der Waals surface area contributed by atoms with Crippen molar-refractivity contribution in [3.63, 3.8) is 0 Å². The van der Waals surface area contributed by atoms with E-state index in [2.05, 4.69) is 44.5 Å². The Hall–Kier alpha value is -0.910.